The van der Waals surface area contributed by atoms with Crippen molar-refractivity contribution in [1.29, 1.82) is 0 Å². The van der Waals surface area contributed by atoms with Crippen molar-refractivity contribution in [3.63, 3.8) is 0 Å². The maximum absolute atomic E-state index is 13.3. The number of anilines is 1. The Bertz CT molecular complexity index is 475. The van der Waals surface area contributed by atoms with E-state index >= 15 is 0 Å². The van der Waals surface area contributed by atoms with Gasteiger partial charge in [0.15, 0.2) is 0 Å². The summed E-state index contributed by atoms with van der Waals surface area (Å²) in [5.74, 6) is 1.08. The van der Waals surface area contributed by atoms with Crippen molar-refractivity contribution in [1.82, 2.24) is 0 Å². The highest BCUT2D eigenvalue weighted by atomic mass is 32.1. The van der Waals surface area contributed by atoms with Crippen molar-refractivity contribution in [3.8, 4) is 0 Å². The minimum Gasteiger partial charge on any atom is -0.389 e. The molecule has 104 valence electrons. The third kappa shape index (κ3) is 3.06. The van der Waals surface area contributed by atoms with Crippen molar-refractivity contribution >= 4 is 22.9 Å². The number of thiocarbonyl (C=S) groups is 1. The number of rotatable bonds is 4. The fourth-order valence-electron chi connectivity index (χ4n) is 3.07. The Balaban J connectivity index is 2.18. The first-order chi connectivity index (χ1) is 9.02. The molecule has 0 spiro atoms. The maximum Gasteiger partial charge on any atom is 0.124 e. The summed E-state index contributed by atoms with van der Waals surface area (Å²) in [6.07, 6.45) is 3.61. The quantitative estimate of drug-likeness (QED) is 0.826. The molecule has 3 N–H and O–H groups in total. The molecule has 2 rings (SSSR count). The van der Waals surface area contributed by atoms with Crippen LogP contribution in [0, 0.1) is 17.7 Å². The van der Waals surface area contributed by atoms with Crippen LogP contribution < -0.4 is 11.1 Å². The van der Waals surface area contributed by atoms with Gasteiger partial charge in [-0.1, -0.05) is 32.5 Å². The zero-order valence-electron chi connectivity index (χ0n) is 11.4. The van der Waals surface area contributed by atoms with Gasteiger partial charge >= 0.3 is 0 Å². The molecule has 0 amide bonds. The maximum atomic E-state index is 13.3. The van der Waals surface area contributed by atoms with Crippen molar-refractivity contribution in [2.75, 3.05) is 5.32 Å². The zero-order chi connectivity index (χ0) is 14.0. The highest BCUT2D eigenvalue weighted by Crippen LogP contribution is 2.36. The summed E-state index contributed by atoms with van der Waals surface area (Å²) in [7, 11) is 0. The first-order valence-corrected chi connectivity index (χ1v) is 7.29. The van der Waals surface area contributed by atoms with Crippen molar-refractivity contribution < 1.29 is 4.39 Å². The van der Waals surface area contributed by atoms with E-state index in [1.54, 1.807) is 6.07 Å². The lowest BCUT2D eigenvalue weighted by Gasteiger charge is -2.23. The second-order valence-electron chi connectivity index (χ2n) is 5.41. The van der Waals surface area contributed by atoms with E-state index in [2.05, 4.69) is 19.2 Å². The van der Waals surface area contributed by atoms with Gasteiger partial charge in [-0.05, 0) is 42.9 Å². The molecule has 1 saturated carbocycles. The summed E-state index contributed by atoms with van der Waals surface area (Å²) in [4.78, 5) is 0.236. The molecule has 0 radical (unpaired) electrons. The van der Waals surface area contributed by atoms with Crippen LogP contribution in [-0.4, -0.2) is 11.0 Å². The van der Waals surface area contributed by atoms with Gasteiger partial charge in [0.05, 0.1) is 0 Å². The van der Waals surface area contributed by atoms with Crippen LogP contribution >= 0.6 is 12.2 Å². The van der Waals surface area contributed by atoms with Gasteiger partial charge in [-0.2, -0.15) is 0 Å². The Morgan fingerprint density at radius 3 is 2.79 bits per heavy atom. The molecule has 0 saturated heterocycles. The molecule has 0 aliphatic heterocycles. The second kappa shape index (κ2) is 5.87. The van der Waals surface area contributed by atoms with Crippen LogP contribution in [0.3, 0.4) is 0 Å². The van der Waals surface area contributed by atoms with Crippen molar-refractivity contribution in [3.05, 3.63) is 29.6 Å². The predicted octanol–water partition coefficient (Wildman–Crippen LogP) is 3.70. The molecule has 3 unspecified atom stereocenters. The van der Waals surface area contributed by atoms with Gasteiger partial charge in [-0.15, -0.1) is 0 Å². The number of hydrogen-bond acceptors (Lipinski definition) is 2. The molecule has 1 fully saturated rings. The largest absolute Gasteiger partial charge is 0.389 e. The molecule has 0 heterocycles. The highest BCUT2D eigenvalue weighted by molar-refractivity contribution is 7.80. The lowest BCUT2D eigenvalue weighted by Crippen LogP contribution is -2.26. The topological polar surface area (TPSA) is 38.0 Å². The Morgan fingerprint density at radius 2 is 2.21 bits per heavy atom. The number of nitrogens with two attached hydrogens (primary N) is 1. The van der Waals surface area contributed by atoms with Crippen molar-refractivity contribution in [2.45, 2.75) is 39.2 Å². The van der Waals surface area contributed by atoms with E-state index in [9.17, 15) is 4.39 Å². The smallest absolute Gasteiger partial charge is 0.124 e. The summed E-state index contributed by atoms with van der Waals surface area (Å²) in [6.45, 7) is 4.52. The van der Waals surface area contributed by atoms with Gasteiger partial charge in [-0.3, -0.25) is 0 Å². The van der Waals surface area contributed by atoms with Gasteiger partial charge in [0.1, 0.15) is 10.8 Å². The Hall–Kier alpha value is -1.16. The minimum absolute atomic E-state index is 0.236. The average Bonchev–Trinajstić information content (AvgIpc) is 2.72. The lowest BCUT2D eigenvalue weighted by molar-refractivity contribution is 0.392. The molecule has 4 heteroatoms. The Labute approximate surface area is 119 Å². The van der Waals surface area contributed by atoms with Crippen LogP contribution in [0.4, 0.5) is 10.1 Å². The van der Waals surface area contributed by atoms with E-state index in [4.69, 9.17) is 18.0 Å². The third-order valence-corrected chi connectivity index (χ3v) is 4.56. The van der Waals surface area contributed by atoms with Gasteiger partial charge in [0.2, 0.25) is 0 Å². The summed E-state index contributed by atoms with van der Waals surface area (Å²) >= 11 is 5.00. The number of halogens is 1. The molecule has 0 aromatic heterocycles. The van der Waals surface area contributed by atoms with E-state index in [0.717, 1.165) is 18.0 Å². The number of nitrogens with one attached hydrogen (secondary N) is 1. The molecular weight excluding hydrogens is 259 g/mol. The molecule has 19 heavy (non-hydrogen) atoms. The highest BCUT2D eigenvalue weighted by Gasteiger charge is 2.31. The predicted molar refractivity (Wildman–Crippen MR) is 81.9 cm³/mol. The molecule has 1 aliphatic carbocycles. The van der Waals surface area contributed by atoms with Crippen LogP contribution in [0.5, 0.6) is 0 Å². The first-order valence-electron chi connectivity index (χ1n) is 6.88. The van der Waals surface area contributed by atoms with Crippen LogP contribution in [-0.2, 0) is 0 Å². The van der Waals surface area contributed by atoms with E-state index in [1.165, 1.54) is 25.0 Å². The monoisotopic (exact) mass is 280 g/mol. The molecule has 2 nitrogen and oxygen atoms in total. The normalized spacial score (nSPS) is 26.4. The summed E-state index contributed by atoms with van der Waals surface area (Å²) in [5, 5.41) is 3.50. The zero-order valence-corrected chi connectivity index (χ0v) is 12.3. The van der Waals surface area contributed by atoms with Crippen LogP contribution in [0.15, 0.2) is 18.2 Å². The fourth-order valence-corrected chi connectivity index (χ4v) is 3.24. The first kappa shape index (κ1) is 14.3. The van der Waals surface area contributed by atoms with Gasteiger partial charge < -0.3 is 11.1 Å². The molecule has 1 aromatic carbocycles. The molecule has 1 aliphatic rings. The summed E-state index contributed by atoms with van der Waals surface area (Å²) < 4.78 is 13.3. The van der Waals surface area contributed by atoms with E-state index in [-0.39, 0.29) is 10.8 Å². The molecule has 1 aromatic rings. The number of hydrogen-bond donors (Lipinski definition) is 2. The molecule has 3 atom stereocenters. The second-order valence-corrected chi connectivity index (χ2v) is 5.85. The summed E-state index contributed by atoms with van der Waals surface area (Å²) in [6, 6.07) is 5.00. The SMILES string of the molecule is CCC1CCC(Nc2ccc(F)cc2C(N)=S)C1C. The summed E-state index contributed by atoms with van der Waals surface area (Å²) in [5.41, 5.74) is 7.12. The van der Waals surface area contributed by atoms with E-state index in [0.29, 0.717) is 17.5 Å². The standard InChI is InChI=1S/C15H21FN2S/c1-3-10-4-6-13(9(10)2)18-14-7-5-11(16)8-12(14)15(17)19/h5,7-10,13,18H,3-4,6H2,1-2H3,(H2,17,19). The fraction of sp³-hybridized carbons (Fsp3) is 0.533. The Kier molecular flexibility index (Phi) is 4.40. The third-order valence-electron chi connectivity index (χ3n) is 4.34. The van der Waals surface area contributed by atoms with E-state index < -0.39 is 0 Å². The van der Waals surface area contributed by atoms with E-state index in [1.807, 2.05) is 0 Å². The van der Waals surface area contributed by atoms with Crippen molar-refractivity contribution in [2.24, 2.45) is 17.6 Å². The van der Waals surface area contributed by atoms with Gasteiger partial charge in [-0.25, -0.2) is 4.39 Å². The van der Waals surface area contributed by atoms with Gasteiger partial charge in [0.25, 0.3) is 0 Å². The van der Waals surface area contributed by atoms with Crippen LogP contribution in [0.1, 0.15) is 38.7 Å². The molecular formula is C15H21FN2S. The lowest BCUT2D eigenvalue weighted by atomic mass is 9.93. The van der Waals surface area contributed by atoms with Crippen LogP contribution in [0.2, 0.25) is 0 Å². The molecule has 0 bridgehead atoms. The Morgan fingerprint density at radius 1 is 1.47 bits per heavy atom. The minimum atomic E-state index is -0.306. The average molecular weight is 280 g/mol. The van der Waals surface area contributed by atoms with Gasteiger partial charge in [0, 0.05) is 17.3 Å². The van der Waals surface area contributed by atoms with Crippen LogP contribution in [0.25, 0.3) is 0 Å². The number of benzene rings is 1.